The molecule has 3 aromatic carbocycles. The van der Waals surface area contributed by atoms with E-state index in [0.29, 0.717) is 36.0 Å². The molecule has 2 heterocycles. The van der Waals surface area contributed by atoms with Crippen LogP contribution in [0.5, 0.6) is 17.2 Å². The fourth-order valence-corrected chi connectivity index (χ4v) is 10.1. The van der Waals surface area contributed by atoms with Crippen molar-refractivity contribution in [3.63, 3.8) is 0 Å². The number of fused-ring (bicyclic) bond motifs is 1. The molecule has 16 nitrogen and oxygen atoms in total. The molecule has 0 bridgehead atoms. The highest BCUT2D eigenvalue weighted by molar-refractivity contribution is 7.65. The van der Waals surface area contributed by atoms with Crippen LogP contribution in [-0.2, 0) is 30.0 Å². The van der Waals surface area contributed by atoms with Crippen LogP contribution in [0.3, 0.4) is 0 Å². The maximum Gasteiger partial charge on any atom is 0.341 e. The van der Waals surface area contributed by atoms with Crippen molar-refractivity contribution in [3.8, 4) is 17.2 Å². The lowest BCUT2D eigenvalue weighted by atomic mass is 10.2. The Morgan fingerprint density at radius 3 is 1.77 bits per heavy atom. The molecule has 0 amide bonds. The van der Waals surface area contributed by atoms with Gasteiger partial charge in [0.05, 0.1) is 40.4 Å². The second kappa shape index (κ2) is 21.4. The lowest BCUT2D eigenvalue weighted by Crippen LogP contribution is -2.30. The normalized spacial score (nSPS) is 13.8. The number of carbonyl (C=O) groups is 3. The minimum atomic E-state index is -2.11. The van der Waals surface area contributed by atoms with Crippen LogP contribution in [0, 0.1) is 0 Å². The summed E-state index contributed by atoms with van der Waals surface area (Å²) in [6, 6.07) is 20.0. The Labute approximate surface area is 355 Å². The van der Waals surface area contributed by atoms with E-state index in [9.17, 15) is 14.4 Å². The van der Waals surface area contributed by atoms with Gasteiger partial charge in [0.15, 0.2) is 17.0 Å². The van der Waals surface area contributed by atoms with Crippen LogP contribution in [-0.4, -0.2) is 97.6 Å². The van der Waals surface area contributed by atoms with E-state index in [1.165, 1.54) is 34.2 Å². The van der Waals surface area contributed by atoms with E-state index in [2.05, 4.69) is 19.9 Å². The number of hydrogen-bond donors (Lipinski definition) is 0. The van der Waals surface area contributed by atoms with Gasteiger partial charge in [0, 0.05) is 26.7 Å². The molecule has 0 N–H and O–H groups in total. The molecular weight excluding hydrogens is 836 g/mol. The highest BCUT2D eigenvalue weighted by atomic mass is 35.5. The van der Waals surface area contributed by atoms with Crippen LogP contribution in [0.25, 0.3) is 11.2 Å². The highest BCUT2D eigenvalue weighted by Gasteiger charge is 2.31. The third kappa shape index (κ3) is 11.0. The Kier molecular flexibility index (Phi) is 15.9. The fourth-order valence-electron chi connectivity index (χ4n) is 6.57. The highest BCUT2D eigenvalue weighted by Crippen LogP contribution is 2.55. The molecule has 5 aromatic rings. The molecular formula is C41H46ClN5O11P2. The molecule has 318 valence electrons. The summed E-state index contributed by atoms with van der Waals surface area (Å²) in [7, 11) is 3.28. The largest absolute Gasteiger partial charge is 0.465 e. The number of halogens is 1. The number of rotatable bonds is 20. The molecule has 0 aliphatic heterocycles. The standard InChI is InChI=1S/C41H46ClN5O11P2/c1-46(27-14-6-7-15-27)36-35-37(45-41(42)44-36)47(25-43-35)23-22-28(51-2)24-55-59(56-32-19-11-8-16-29(32)38(48)52-3)26-60(57-33-20-12-9-17-30(33)39(49)53-4)58-34-21-13-10-18-31(34)40(50)54-5/h8-13,16-21,25,27-28H,6-7,14-15,22-24,26H2,1-5H3. The minimum absolute atomic E-state index is 0.0412. The van der Waals surface area contributed by atoms with Gasteiger partial charge in [-0.1, -0.05) is 49.2 Å². The average Bonchev–Trinajstić information content (AvgIpc) is 3.96. The number of aromatic nitrogens is 4. The molecule has 2 aromatic heterocycles. The average molecular weight is 882 g/mol. The number of methoxy groups -OCH3 is 4. The quantitative estimate of drug-likeness (QED) is 0.0315. The molecule has 1 saturated carbocycles. The first-order chi connectivity index (χ1) is 29.1. The molecule has 6 rings (SSSR count). The Morgan fingerprint density at radius 2 is 1.27 bits per heavy atom. The molecule has 1 fully saturated rings. The monoisotopic (exact) mass is 881 g/mol. The van der Waals surface area contributed by atoms with Crippen LogP contribution in [0.4, 0.5) is 5.82 Å². The number of anilines is 1. The summed E-state index contributed by atoms with van der Waals surface area (Å²) in [6.45, 7) is 0.497. The maximum atomic E-state index is 12.8. The minimum Gasteiger partial charge on any atom is -0.465 e. The predicted molar refractivity (Wildman–Crippen MR) is 226 cm³/mol. The van der Waals surface area contributed by atoms with Gasteiger partial charge in [0.25, 0.3) is 0 Å². The number of esters is 3. The summed E-state index contributed by atoms with van der Waals surface area (Å²) in [5.74, 6) is -0.683. The van der Waals surface area contributed by atoms with Gasteiger partial charge in [-0.3, -0.25) is 0 Å². The first kappa shape index (κ1) is 44.4. The molecule has 19 heteroatoms. The van der Waals surface area contributed by atoms with Crippen molar-refractivity contribution in [2.45, 2.75) is 50.8 Å². The first-order valence-electron chi connectivity index (χ1n) is 19.0. The number of hydrogen-bond acceptors (Lipinski definition) is 15. The molecule has 1 aliphatic carbocycles. The van der Waals surface area contributed by atoms with Crippen LogP contribution < -0.4 is 18.5 Å². The molecule has 60 heavy (non-hydrogen) atoms. The van der Waals surface area contributed by atoms with E-state index < -0.39 is 40.8 Å². The van der Waals surface area contributed by atoms with E-state index in [4.69, 9.17) is 48.6 Å². The predicted octanol–water partition coefficient (Wildman–Crippen LogP) is 8.46. The third-order valence-electron chi connectivity index (χ3n) is 9.76. The third-order valence-corrected chi connectivity index (χ3v) is 13.4. The van der Waals surface area contributed by atoms with Crippen molar-refractivity contribution >= 4 is 63.2 Å². The second-order valence-corrected chi connectivity index (χ2v) is 17.1. The van der Waals surface area contributed by atoms with E-state index in [0.717, 1.165) is 12.8 Å². The lowest BCUT2D eigenvalue weighted by molar-refractivity contribution is 0.0502. The SMILES string of the molecule is COC(=O)c1ccccc1OP(CP(Oc1ccccc1C(=O)OC)Oc1ccccc1C(=O)OC)OCC(CCn1cnc2c(N(C)C3CCCC3)nc(Cl)nc21)OC. The number of aryl methyl sites for hydroxylation is 1. The molecule has 2 unspecified atom stereocenters. The smallest absolute Gasteiger partial charge is 0.341 e. The van der Waals surface area contributed by atoms with Crippen LogP contribution in [0.15, 0.2) is 79.1 Å². The molecule has 2 atom stereocenters. The van der Waals surface area contributed by atoms with Gasteiger partial charge >= 0.3 is 26.3 Å². The molecule has 1 aliphatic rings. The van der Waals surface area contributed by atoms with Gasteiger partial charge in [-0.25, -0.2) is 19.4 Å². The number of ether oxygens (including phenoxy) is 4. The van der Waals surface area contributed by atoms with E-state index in [1.54, 1.807) is 86.2 Å². The van der Waals surface area contributed by atoms with Crippen molar-refractivity contribution in [2.75, 3.05) is 52.9 Å². The van der Waals surface area contributed by atoms with Gasteiger partial charge in [-0.15, -0.1) is 0 Å². The van der Waals surface area contributed by atoms with Crippen molar-refractivity contribution in [1.29, 1.82) is 0 Å². The molecule has 0 saturated heterocycles. The molecule has 0 radical (unpaired) electrons. The number of carbonyl (C=O) groups excluding carboxylic acids is 3. The van der Waals surface area contributed by atoms with Crippen molar-refractivity contribution in [1.82, 2.24) is 19.5 Å². The van der Waals surface area contributed by atoms with E-state index >= 15 is 0 Å². The fraction of sp³-hybridized carbons (Fsp3) is 0.366. The van der Waals surface area contributed by atoms with Crippen LogP contribution >= 0.6 is 28.4 Å². The van der Waals surface area contributed by atoms with Gasteiger partial charge in [0.1, 0.15) is 39.8 Å². The van der Waals surface area contributed by atoms with Gasteiger partial charge in [0.2, 0.25) is 13.7 Å². The zero-order chi connectivity index (χ0) is 42.6. The number of nitrogens with zero attached hydrogens (tertiary/aromatic N) is 5. The number of imidazole rings is 1. The summed E-state index contributed by atoms with van der Waals surface area (Å²) < 4.78 is 48.7. The Hall–Kier alpha value is -5.11. The lowest BCUT2D eigenvalue weighted by Gasteiger charge is -2.26. The Morgan fingerprint density at radius 1 is 0.767 bits per heavy atom. The second-order valence-electron chi connectivity index (χ2n) is 13.5. The molecule has 0 spiro atoms. The van der Waals surface area contributed by atoms with Gasteiger partial charge in [-0.2, -0.15) is 9.97 Å². The van der Waals surface area contributed by atoms with Crippen molar-refractivity contribution in [3.05, 3.63) is 101 Å². The Bertz CT molecular complexity index is 2200. The topological polar surface area (TPSA) is 172 Å². The maximum absolute atomic E-state index is 12.8. The summed E-state index contributed by atoms with van der Waals surface area (Å²) in [4.78, 5) is 54.3. The zero-order valence-corrected chi connectivity index (χ0v) is 36.4. The summed E-state index contributed by atoms with van der Waals surface area (Å²) in [5, 5.41) is 0.134. The van der Waals surface area contributed by atoms with Gasteiger partial charge in [-0.05, 0) is 67.3 Å². The number of benzene rings is 3. The number of para-hydroxylation sites is 3. The van der Waals surface area contributed by atoms with E-state index in [1.807, 2.05) is 11.6 Å². The van der Waals surface area contributed by atoms with Crippen LogP contribution in [0.2, 0.25) is 5.28 Å². The van der Waals surface area contributed by atoms with Crippen molar-refractivity contribution in [2.24, 2.45) is 0 Å². The van der Waals surface area contributed by atoms with Crippen LogP contribution in [0.1, 0.15) is 63.2 Å². The summed E-state index contributed by atoms with van der Waals surface area (Å²) in [6.07, 6.45) is 6.24. The first-order valence-corrected chi connectivity index (χ1v) is 22.1. The zero-order valence-electron chi connectivity index (χ0n) is 33.8. The summed E-state index contributed by atoms with van der Waals surface area (Å²) in [5.41, 5.74) is 1.74. The Balaban J connectivity index is 1.27. The van der Waals surface area contributed by atoms with E-state index in [-0.39, 0.29) is 51.7 Å². The van der Waals surface area contributed by atoms with Gasteiger partial charge < -0.3 is 46.5 Å². The summed E-state index contributed by atoms with van der Waals surface area (Å²) >= 11 is 6.45. The van der Waals surface area contributed by atoms with Crippen molar-refractivity contribution < 1.29 is 51.4 Å².